The van der Waals surface area contributed by atoms with Gasteiger partial charge < -0.3 is 10.2 Å². The van der Waals surface area contributed by atoms with E-state index in [1.165, 1.54) is 0 Å². The Hall–Kier alpha value is -0.410. The molecule has 0 fully saturated rings. The van der Waals surface area contributed by atoms with Crippen LogP contribution in [-0.2, 0) is 12.8 Å². The summed E-state index contributed by atoms with van der Waals surface area (Å²) in [7, 11) is 0. The molecule has 1 aromatic rings. The van der Waals surface area contributed by atoms with Gasteiger partial charge in [-0.3, -0.25) is 0 Å². The molecule has 2 rings (SSSR count). The summed E-state index contributed by atoms with van der Waals surface area (Å²) < 4.78 is 0.592. The Morgan fingerprint density at radius 2 is 1.57 bits per heavy atom. The zero-order valence-electron chi connectivity index (χ0n) is 7.48. The monoisotopic (exact) mass is 276 g/mol. The number of hydrogen-bond acceptors (Lipinski definition) is 2. The maximum absolute atomic E-state index is 9.56. The molecule has 0 amide bonds. The molecule has 0 spiro atoms. The molecule has 14 heavy (non-hydrogen) atoms. The molecular weight excluding hydrogens is 267 g/mol. The van der Waals surface area contributed by atoms with Gasteiger partial charge in [0.2, 0.25) is 0 Å². The Morgan fingerprint density at radius 3 is 2.21 bits per heavy atom. The summed E-state index contributed by atoms with van der Waals surface area (Å²) in [5.41, 5.74) is 2.01. The maximum Gasteiger partial charge on any atom is 0.178 e. The predicted octanol–water partition coefficient (Wildman–Crippen LogP) is 3.39. The Balaban J connectivity index is 2.71. The predicted molar refractivity (Wildman–Crippen MR) is 59.1 cm³/mol. The SMILES string of the molecule is Oc1c(O)c(Br)c2c(c1Cl)CCCC2. The minimum atomic E-state index is -0.209. The lowest BCUT2D eigenvalue weighted by Gasteiger charge is -2.20. The van der Waals surface area contributed by atoms with Gasteiger partial charge in [0, 0.05) is 0 Å². The number of phenolic OH excluding ortho intramolecular Hbond substituents is 2. The lowest BCUT2D eigenvalue weighted by atomic mass is 9.91. The van der Waals surface area contributed by atoms with Crippen molar-refractivity contribution in [3.05, 3.63) is 20.6 Å². The van der Waals surface area contributed by atoms with E-state index in [0.717, 1.165) is 36.8 Å². The zero-order valence-corrected chi connectivity index (χ0v) is 9.82. The highest BCUT2D eigenvalue weighted by atomic mass is 79.9. The van der Waals surface area contributed by atoms with Crippen LogP contribution in [0.4, 0.5) is 0 Å². The van der Waals surface area contributed by atoms with Crippen molar-refractivity contribution in [2.45, 2.75) is 25.7 Å². The van der Waals surface area contributed by atoms with E-state index >= 15 is 0 Å². The second-order valence-electron chi connectivity index (χ2n) is 3.49. The zero-order chi connectivity index (χ0) is 10.3. The Labute approximate surface area is 95.6 Å². The van der Waals surface area contributed by atoms with E-state index in [9.17, 15) is 10.2 Å². The third-order valence-electron chi connectivity index (χ3n) is 2.64. The normalized spacial score (nSPS) is 15.3. The van der Waals surface area contributed by atoms with E-state index in [0.29, 0.717) is 9.50 Å². The Kier molecular flexibility index (Phi) is 2.62. The summed E-state index contributed by atoms with van der Waals surface area (Å²) in [5, 5.41) is 19.4. The highest BCUT2D eigenvalue weighted by Crippen LogP contribution is 2.46. The average Bonchev–Trinajstić information content (AvgIpc) is 2.23. The first-order valence-corrected chi connectivity index (χ1v) is 5.70. The van der Waals surface area contributed by atoms with E-state index in [1.54, 1.807) is 0 Å². The smallest absolute Gasteiger partial charge is 0.178 e. The van der Waals surface area contributed by atoms with Crippen LogP contribution in [0.15, 0.2) is 4.47 Å². The van der Waals surface area contributed by atoms with Crippen molar-refractivity contribution in [3.8, 4) is 11.5 Å². The number of rotatable bonds is 0. The fraction of sp³-hybridized carbons (Fsp3) is 0.400. The first kappa shape index (κ1) is 10.1. The van der Waals surface area contributed by atoms with Gasteiger partial charge in [0.15, 0.2) is 11.5 Å². The minimum absolute atomic E-state index is 0.143. The average molecular weight is 278 g/mol. The van der Waals surface area contributed by atoms with E-state index in [1.807, 2.05) is 0 Å². The standard InChI is InChI=1S/C10H10BrClO2/c11-7-5-3-1-2-4-6(5)8(12)10(14)9(7)13/h13-14H,1-4H2. The van der Waals surface area contributed by atoms with Crippen LogP contribution in [0.3, 0.4) is 0 Å². The van der Waals surface area contributed by atoms with Crippen LogP contribution < -0.4 is 0 Å². The van der Waals surface area contributed by atoms with Gasteiger partial charge >= 0.3 is 0 Å². The topological polar surface area (TPSA) is 40.5 Å². The fourth-order valence-electron chi connectivity index (χ4n) is 1.88. The van der Waals surface area contributed by atoms with Crippen molar-refractivity contribution in [2.75, 3.05) is 0 Å². The minimum Gasteiger partial charge on any atom is -0.503 e. The molecule has 1 aromatic carbocycles. The van der Waals surface area contributed by atoms with Crippen LogP contribution in [0.5, 0.6) is 11.5 Å². The second kappa shape index (κ2) is 3.63. The maximum atomic E-state index is 9.56. The molecule has 0 bridgehead atoms. The van der Waals surface area contributed by atoms with Gasteiger partial charge in [0.1, 0.15) is 0 Å². The van der Waals surface area contributed by atoms with E-state index in [2.05, 4.69) is 15.9 Å². The lowest BCUT2D eigenvalue weighted by Crippen LogP contribution is -2.04. The molecule has 0 heterocycles. The van der Waals surface area contributed by atoms with Crippen LogP contribution in [0.1, 0.15) is 24.0 Å². The summed E-state index contributed by atoms with van der Waals surface area (Å²) >= 11 is 9.24. The first-order chi connectivity index (χ1) is 6.63. The highest BCUT2D eigenvalue weighted by molar-refractivity contribution is 9.10. The molecule has 0 saturated carbocycles. The van der Waals surface area contributed by atoms with Crippen LogP contribution >= 0.6 is 27.5 Å². The summed E-state index contributed by atoms with van der Waals surface area (Å²) in [6.07, 6.45) is 3.97. The summed E-state index contributed by atoms with van der Waals surface area (Å²) in [6, 6.07) is 0. The molecule has 4 heteroatoms. The molecule has 1 aliphatic carbocycles. The third kappa shape index (κ3) is 1.39. The lowest BCUT2D eigenvalue weighted by molar-refractivity contribution is 0.399. The van der Waals surface area contributed by atoms with E-state index in [-0.39, 0.29) is 11.5 Å². The molecule has 0 aliphatic heterocycles. The molecule has 76 valence electrons. The first-order valence-electron chi connectivity index (χ1n) is 4.53. The number of fused-ring (bicyclic) bond motifs is 1. The summed E-state index contributed by atoms with van der Waals surface area (Å²) in [5.74, 6) is -0.352. The van der Waals surface area contributed by atoms with Gasteiger partial charge in [-0.1, -0.05) is 11.6 Å². The van der Waals surface area contributed by atoms with Crippen molar-refractivity contribution in [2.24, 2.45) is 0 Å². The van der Waals surface area contributed by atoms with E-state index < -0.39 is 0 Å². The number of benzene rings is 1. The molecule has 1 aliphatic rings. The summed E-state index contributed by atoms with van der Waals surface area (Å²) in [4.78, 5) is 0. The van der Waals surface area contributed by atoms with Gasteiger partial charge in [-0.2, -0.15) is 0 Å². The van der Waals surface area contributed by atoms with Gasteiger partial charge in [-0.05, 0) is 52.7 Å². The molecule has 0 aromatic heterocycles. The van der Waals surface area contributed by atoms with Crippen molar-refractivity contribution >= 4 is 27.5 Å². The number of hydrogen-bond donors (Lipinski definition) is 2. The summed E-state index contributed by atoms with van der Waals surface area (Å²) in [6.45, 7) is 0. The van der Waals surface area contributed by atoms with E-state index in [4.69, 9.17) is 11.6 Å². The molecule has 0 radical (unpaired) electrons. The van der Waals surface area contributed by atoms with Crippen LogP contribution in [0, 0.1) is 0 Å². The molecule has 0 unspecified atom stereocenters. The molecular formula is C10H10BrClO2. The van der Waals surface area contributed by atoms with Gasteiger partial charge in [-0.15, -0.1) is 0 Å². The van der Waals surface area contributed by atoms with Crippen molar-refractivity contribution < 1.29 is 10.2 Å². The Morgan fingerprint density at radius 1 is 1.00 bits per heavy atom. The Bertz CT molecular complexity index is 353. The molecule has 2 N–H and O–H groups in total. The van der Waals surface area contributed by atoms with Gasteiger partial charge in [0.25, 0.3) is 0 Å². The largest absolute Gasteiger partial charge is 0.503 e. The number of phenols is 2. The van der Waals surface area contributed by atoms with Crippen LogP contribution in [-0.4, -0.2) is 10.2 Å². The van der Waals surface area contributed by atoms with Gasteiger partial charge in [0.05, 0.1) is 9.50 Å². The fourth-order valence-corrected chi connectivity index (χ4v) is 2.81. The van der Waals surface area contributed by atoms with Crippen LogP contribution in [0.2, 0.25) is 5.02 Å². The second-order valence-corrected chi connectivity index (χ2v) is 4.66. The van der Waals surface area contributed by atoms with Gasteiger partial charge in [-0.25, -0.2) is 0 Å². The molecule has 0 atom stereocenters. The molecule has 2 nitrogen and oxygen atoms in total. The molecule has 0 saturated heterocycles. The van der Waals surface area contributed by atoms with Crippen LogP contribution in [0.25, 0.3) is 0 Å². The quantitative estimate of drug-likeness (QED) is 0.714. The number of halogens is 2. The van der Waals surface area contributed by atoms with Crippen molar-refractivity contribution in [1.82, 2.24) is 0 Å². The van der Waals surface area contributed by atoms with Crippen molar-refractivity contribution in [3.63, 3.8) is 0 Å². The number of aromatic hydroxyl groups is 2. The highest BCUT2D eigenvalue weighted by Gasteiger charge is 2.22. The third-order valence-corrected chi connectivity index (χ3v) is 3.90. The van der Waals surface area contributed by atoms with Crippen molar-refractivity contribution in [1.29, 1.82) is 0 Å².